The highest BCUT2D eigenvalue weighted by atomic mass is 28.4. The van der Waals surface area contributed by atoms with Crippen LogP contribution in [0.15, 0.2) is 97.1 Å². The van der Waals surface area contributed by atoms with Crippen LogP contribution in [-0.2, 0) is 4.43 Å². The Morgan fingerprint density at radius 1 is 0.829 bits per heavy atom. The number of hydrogen-bond acceptors (Lipinski definition) is 2. The van der Waals surface area contributed by atoms with Crippen molar-refractivity contribution >= 4 is 25.0 Å². The fraction of sp³-hybridized carbons (Fsp3) is 0.344. The highest BCUT2D eigenvalue weighted by Crippen LogP contribution is 2.40. The third-order valence-corrected chi connectivity index (χ3v) is 11.7. The quantitative estimate of drug-likeness (QED) is 0.114. The van der Waals surface area contributed by atoms with Crippen molar-refractivity contribution in [2.24, 2.45) is 0 Å². The molecule has 2 nitrogen and oxygen atoms in total. The summed E-state index contributed by atoms with van der Waals surface area (Å²) in [5.74, 6) is 0. The van der Waals surface area contributed by atoms with Crippen LogP contribution in [0.25, 0.3) is 0 Å². The van der Waals surface area contributed by atoms with Gasteiger partial charge in [0.25, 0.3) is 8.32 Å². The zero-order valence-electron chi connectivity index (χ0n) is 21.7. The SMILES string of the molecule is CCCCC/C=C\CC(O[Si](c1ccccc1)(c1ccccc1)C(C)(C)C)c1cccc(C=O)c1. The van der Waals surface area contributed by atoms with Crippen LogP contribution in [0.3, 0.4) is 0 Å². The van der Waals surface area contributed by atoms with E-state index in [4.69, 9.17) is 4.43 Å². The van der Waals surface area contributed by atoms with Crippen LogP contribution in [0.4, 0.5) is 0 Å². The average Bonchev–Trinajstić information content (AvgIpc) is 2.88. The second-order valence-electron chi connectivity index (χ2n) is 10.3. The first-order valence-corrected chi connectivity index (χ1v) is 14.8. The smallest absolute Gasteiger partial charge is 0.261 e. The van der Waals surface area contributed by atoms with E-state index in [1.54, 1.807) is 0 Å². The molecule has 1 unspecified atom stereocenters. The third kappa shape index (κ3) is 6.68. The highest BCUT2D eigenvalue weighted by molar-refractivity contribution is 6.99. The Labute approximate surface area is 213 Å². The van der Waals surface area contributed by atoms with Crippen molar-refractivity contribution < 1.29 is 9.22 Å². The van der Waals surface area contributed by atoms with Crippen molar-refractivity contribution in [1.82, 2.24) is 0 Å². The number of unbranched alkanes of at least 4 members (excludes halogenated alkanes) is 3. The monoisotopic (exact) mass is 484 g/mol. The fourth-order valence-electron chi connectivity index (χ4n) is 4.84. The fourth-order valence-corrected chi connectivity index (χ4v) is 9.51. The molecule has 0 aliphatic carbocycles. The van der Waals surface area contributed by atoms with Gasteiger partial charge < -0.3 is 4.43 Å². The van der Waals surface area contributed by atoms with E-state index in [1.165, 1.54) is 29.6 Å². The summed E-state index contributed by atoms with van der Waals surface area (Å²) in [6.45, 7) is 9.15. The van der Waals surface area contributed by atoms with Gasteiger partial charge in [0.1, 0.15) is 6.29 Å². The Balaban J connectivity index is 2.10. The van der Waals surface area contributed by atoms with Gasteiger partial charge >= 0.3 is 0 Å². The number of aldehydes is 1. The van der Waals surface area contributed by atoms with Gasteiger partial charge in [-0.3, -0.25) is 4.79 Å². The molecule has 3 aromatic rings. The summed E-state index contributed by atoms with van der Waals surface area (Å²) in [6.07, 6.45) is 10.9. The van der Waals surface area contributed by atoms with Crippen LogP contribution in [0.5, 0.6) is 0 Å². The van der Waals surface area contributed by atoms with Crippen LogP contribution < -0.4 is 10.4 Å². The molecule has 35 heavy (non-hydrogen) atoms. The van der Waals surface area contributed by atoms with Gasteiger partial charge in [0.15, 0.2) is 0 Å². The zero-order valence-corrected chi connectivity index (χ0v) is 22.7. The lowest BCUT2D eigenvalue weighted by Crippen LogP contribution is -2.66. The van der Waals surface area contributed by atoms with Crippen molar-refractivity contribution in [2.75, 3.05) is 0 Å². The molecule has 0 N–H and O–H groups in total. The Morgan fingerprint density at radius 2 is 1.46 bits per heavy atom. The Morgan fingerprint density at radius 3 is 2.00 bits per heavy atom. The predicted molar refractivity (Wildman–Crippen MR) is 151 cm³/mol. The lowest BCUT2D eigenvalue weighted by Gasteiger charge is -2.45. The summed E-state index contributed by atoms with van der Waals surface area (Å²) in [7, 11) is -2.73. The molecule has 0 saturated heterocycles. The molecule has 0 aromatic heterocycles. The van der Waals surface area contributed by atoms with Gasteiger partial charge in [-0.1, -0.05) is 132 Å². The summed E-state index contributed by atoms with van der Waals surface area (Å²) in [5, 5.41) is 2.42. The molecule has 0 radical (unpaired) electrons. The minimum absolute atomic E-state index is 0.110. The van der Waals surface area contributed by atoms with Gasteiger partial charge in [-0.05, 0) is 46.3 Å². The molecule has 1 atom stereocenters. The van der Waals surface area contributed by atoms with E-state index >= 15 is 0 Å². The van der Waals surface area contributed by atoms with Crippen LogP contribution in [0, 0.1) is 0 Å². The van der Waals surface area contributed by atoms with Crippen molar-refractivity contribution in [3.63, 3.8) is 0 Å². The summed E-state index contributed by atoms with van der Waals surface area (Å²) in [6, 6.07) is 29.4. The van der Waals surface area contributed by atoms with Gasteiger partial charge in [-0.2, -0.15) is 0 Å². The second kappa shape index (κ2) is 12.8. The van der Waals surface area contributed by atoms with E-state index in [0.717, 1.165) is 24.7 Å². The van der Waals surface area contributed by atoms with Crippen LogP contribution in [-0.4, -0.2) is 14.6 Å². The Kier molecular flexibility index (Phi) is 9.82. The van der Waals surface area contributed by atoms with E-state index in [-0.39, 0.29) is 11.1 Å². The second-order valence-corrected chi connectivity index (χ2v) is 14.5. The van der Waals surface area contributed by atoms with E-state index in [9.17, 15) is 4.79 Å². The Bertz CT molecular complexity index is 1030. The third-order valence-electron chi connectivity index (χ3n) is 6.65. The van der Waals surface area contributed by atoms with Gasteiger partial charge in [0.2, 0.25) is 0 Å². The molecule has 0 amide bonds. The average molecular weight is 485 g/mol. The molecule has 3 heteroatoms. The van der Waals surface area contributed by atoms with Crippen molar-refractivity contribution in [1.29, 1.82) is 0 Å². The number of carbonyl (C=O) groups excluding carboxylic acids is 1. The zero-order chi connectivity index (χ0) is 25.2. The number of benzene rings is 3. The van der Waals surface area contributed by atoms with E-state index < -0.39 is 8.32 Å². The number of rotatable bonds is 12. The van der Waals surface area contributed by atoms with Gasteiger partial charge in [-0.15, -0.1) is 0 Å². The maximum Gasteiger partial charge on any atom is 0.261 e. The largest absolute Gasteiger partial charge is 0.400 e. The Hall–Kier alpha value is -2.75. The summed E-state index contributed by atoms with van der Waals surface area (Å²) in [4.78, 5) is 11.6. The van der Waals surface area contributed by atoms with Gasteiger partial charge in [0.05, 0.1) is 6.10 Å². The summed E-state index contributed by atoms with van der Waals surface area (Å²) >= 11 is 0. The van der Waals surface area contributed by atoms with Gasteiger partial charge in [0, 0.05) is 5.56 Å². The lowest BCUT2D eigenvalue weighted by molar-refractivity contribution is 0.112. The molecular weight excluding hydrogens is 444 g/mol. The lowest BCUT2D eigenvalue weighted by atomic mass is 10.0. The molecule has 0 aliphatic heterocycles. The summed E-state index contributed by atoms with van der Waals surface area (Å²) < 4.78 is 7.46. The molecule has 184 valence electrons. The first kappa shape index (κ1) is 26.8. The normalized spacial score (nSPS) is 13.1. The number of carbonyl (C=O) groups is 1. The predicted octanol–water partition coefficient (Wildman–Crippen LogP) is 7.64. The van der Waals surface area contributed by atoms with Crippen molar-refractivity contribution in [3.8, 4) is 0 Å². The van der Waals surface area contributed by atoms with Crippen molar-refractivity contribution in [2.45, 2.75) is 70.9 Å². The minimum atomic E-state index is -2.73. The van der Waals surface area contributed by atoms with Gasteiger partial charge in [-0.25, -0.2) is 0 Å². The van der Waals surface area contributed by atoms with Crippen LogP contribution in [0.1, 0.15) is 81.8 Å². The molecule has 3 rings (SSSR count). The minimum Gasteiger partial charge on any atom is -0.400 e. The van der Waals surface area contributed by atoms with Crippen LogP contribution in [0.2, 0.25) is 5.04 Å². The van der Waals surface area contributed by atoms with Crippen molar-refractivity contribution in [3.05, 3.63) is 108 Å². The molecule has 0 saturated carbocycles. The van der Waals surface area contributed by atoms with E-state index in [2.05, 4.69) is 107 Å². The van der Waals surface area contributed by atoms with E-state index in [1.807, 2.05) is 18.2 Å². The molecular formula is C32H40O2Si. The first-order valence-electron chi connectivity index (χ1n) is 12.9. The summed E-state index contributed by atoms with van der Waals surface area (Å²) in [5.41, 5.74) is 1.74. The number of hydrogen-bond donors (Lipinski definition) is 0. The molecule has 0 aliphatic rings. The standard InChI is InChI=1S/C32H40O2Si/c1-5-6-7-8-9-16-24-31(28-19-17-18-27(25-28)26-33)34-35(32(2,3)4,29-20-12-10-13-21-29)30-22-14-11-15-23-30/h9-23,25-26,31H,5-8,24H2,1-4H3/b16-9-. The highest BCUT2D eigenvalue weighted by Gasteiger charge is 2.51. The molecule has 0 fully saturated rings. The van der Waals surface area contributed by atoms with E-state index in [0.29, 0.717) is 5.56 Å². The molecule has 0 bridgehead atoms. The van der Waals surface area contributed by atoms with Crippen LogP contribution >= 0.6 is 0 Å². The topological polar surface area (TPSA) is 26.3 Å². The maximum absolute atomic E-state index is 11.6. The maximum atomic E-state index is 11.6. The number of allylic oxidation sites excluding steroid dienone is 1. The molecule has 0 heterocycles. The molecule has 3 aromatic carbocycles. The molecule has 0 spiro atoms. The first-order chi connectivity index (χ1) is 16.9.